The lowest BCUT2D eigenvalue weighted by atomic mass is 9.99. The average molecular weight is 589 g/mol. The summed E-state index contributed by atoms with van der Waals surface area (Å²) in [6, 6.07) is 14.0. The molecule has 6 rings (SSSR count). The van der Waals surface area contributed by atoms with Gasteiger partial charge in [0.25, 0.3) is 6.01 Å². The fourth-order valence-corrected chi connectivity index (χ4v) is 5.21. The molecule has 2 fully saturated rings. The van der Waals surface area contributed by atoms with Crippen molar-refractivity contribution >= 4 is 22.8 Å². The van der Waals surface area contributed by atoms with Crippen molar-refractivity contribution in [2.45, 2.75) is 55.8 Å². The first-order valence-electron chi connectivity index (χ1n) is 13.3. The lowest BCUT2D eigenvalue weighted by Crippen LogP contribution is -2.45. The van der Waals surface area contributed by atoms with E-state index in [0.29, 0.717) is 21.9 Å². The third kappa shape index (κ3) is 6.19. The third-order valence-corrected chi connectivity index (χ3v) is 7.62. The number of aliphatic hydroxyl groups excluding tert-OH is 2. The van der Waals surface area contributed by atoms with Gasteiger partial charge in [-0.3, -0.25) is 5.32 Å². The molecule has 41 heavy (non-hydrogen) atoms. The van der Waals surface area contributed by atoms with Crippen LogP contribution in [0.5, 0.6) is 6.01 Å². The number of aromatic nitrogens is 3. The normalized spacial score (nSPS) is 22.1. The minimum absolute atomic E-state index is 0.0740. The molecule has 1 unspecified atom stereocenters. The van der Waals surface area contributed by atoms with Gasteiger partial charge in [-0.05, 0) is 35.6 Å². The number of halogens is 4. The Morgan fingerprint density at radius 3 is 2.32 bits per heavy atom. The number of hydrogen-bond donors (Lipinski definition) is 4. The van der Waals surface area contributed by atoms with Gasteiger partial charge in [-0.25, -0.2) is 4.98 Å². The molecule has 0 radical (unpaired) electrons. The van der Waals surface area contributed by atoms with Gasteiger partial charge in [-0.1, -0.05) is 60.1 Å². The molecule has 0 amide bonds. The summed E-state index contributed by atoms with van der Waals surface area (Å²) < 4.78 is 52.0. The van der Waals surface area contributed by atoms with Gasteiger partial charge < -0.3 is 24.7 Å². The van der Waals surface area contributed by atoms with E-state index >= 15 is 0 Å². The van der Waals surface area contributed by atoms with Crippen molar-refractivity contribution in [1.29, 1.82) is 0 Å². The topological polar surface area (TPSA) is 113 Å². The predicted molar refractivity (Wildman–Crippen MR) is 147 cm³/mol. The quantitative estimate of drug-likeness (QED) is 0.224. The number of alkyl halides is 3. The maximum Gasteiger partial charge on any atom is 0.407 e. The highest BCUT2D eigenvalue weighted by Gasteiger charge is 2.43. The lowest BCUT2D eigenvalue weighted by Gasteiger charge is -2.31. The van der Waals surface area contributed by atoms with Crippen LogP contribution in [0.1, 0.15) is 30.9 Å². The largest absolute Gasteiger partial charge is 0.459 e. The molecule has 0 spiro atoms. The van der Waals surface area contributed by atoms with E-state index in [1.165, 1.54) is 12.1 Å². The van der Waals surface area contributed by atoms with Crippen LogP contribution in [0.4, 0.5) is 13.2 Å². The zero-order valence-corrected chi connectivity index (χ0v) is 22.5. The number of ether oxygens (including phenoxy) is 2. The number of aromatic amines is 1. The van der Waals surface area contributed by atoms with Crippen molar-refractivity contribution in [3.63, 3.8) is 0 Å². The van der Waals surface area contributed by atoms with Crippen LogP contribution in [-0.2, 0) is 4.74 Å². The van der Waals surface area contributed by atoms with Crippen molar-refractivity contribution < 1.29 is 32.9 Å². The number of rotatable bonds is 8. The number of fused-ring (bicyclic) bond motifs is 1. The number of pyridine rings is 1. The predicted octanol–water partition coefficient (Wildman–Crippen LogP) is 5.19. The lowest BCUT2D eigenvalue weighted by molar-refractivity contribution is -0.158. The Hall–Kier alpha value is -3.22. The van der Waals surface area contributed by atoms with E-state index in [-0.39, 0.29) is 37.3 Å². The Morgan fingerprint density at radius 2 is 1.71 bits per heavy atom. The molecule has 2 aromatic heterocycles. The molecule has 8 nitrogen and oxygen atoms in total. The van der Waals surface area contributed by atoms with E-state index in [1.54, 1.807) is 18.2 Å². The number of aliphatic hydroxyl groups is 2. The first-order valence-corrected chi connectivity index (χ1v) is 13.7. The fraction of sp³-hybridized carbons (Fsp3) is 0.379. The van der Waals surface area contributed by atoms with Crippen LogP contribution < -0.4 is 10.1 Å². The van der Waals surface area contributed by atoms with Crippen LogP contribution in [-0.4, -0.2) is 68.9 Å². The fourth-order valence-electron chi connectivity index (χ4n) is 4.95. The van der Waals surface area contributed by atoms with E-state index in [9.17, 15) is 23.4 Å². The van der Waals surface area contributed by atoms with E-state index in [1.807, 2.05) is 24.3 Å². The van der Waals surface area contributed by atoms with E-state index in [2.05, 4.69) is 20.3 Å². The molecule has 12 heteroatoms. The van der Waals surface area contributed by atoms with Crippen LogP contribution in [0.2, 0.25) is 5.02 Å². The highest BCUT2D eigenvalue weighted by Crippen LogP contribution is 2.37. The van der Waals surface area contributed by atoms with Crippen molar-refractivity contribution in [2.24, 2.45) is 0 Å². The number of benzene rings is 2. The molecule has 4 aromatic rings. The van der Waals surface area contributed by atoms with Gasteiger partial charge in [0.15, 0.2) is 5.65 Å². The summed E-state index contributed by atoms with van der Waals surface area (Å²) in [5.74, 6) is 0. The van der Waals surface area contributed by atoms with Gasteiger partial charge in [0.1, 0.15) is 18.2 Å². The number of H-pyrrole nitrogens is 1. The molecule has 4 atom stereocenters. The van der Waals surface area contributed by atoms with Crippen LogP contribution in [0.15, 0.2) is 54.6 Å². The zero-order chi connectivity index (χ0) is 28.7. The Kier molecular flexibility index (Phi) is 7.64. The van der Waals surface area contributed by atoms with Crippen molar-refractivity contribution in [2.75, 3.05) is 13.2 Å². The van der Waals surface area contributed by atoms with Crippen molar-refractivity contribution in [3.8, 4) is 28.4 Å². The first-order chi connectivity index (χ1) is 19.7. The van der Waals surface area contributed by atoms with Gasteiger partial charge in [0.05, 0.1) is 35.6 Å². The molecule has 1 aliphatic heterocycles. The molecule has 1 aliphatic carbocycles. The molecular formula is C29H28ClF3N4O4. The van der Waals surface area contributed by atoms with Gasteiger partial charge in [0, 0.05) is 18.0 Å². The molecule has 1 saturated heterocycles. The van der Waals surface area contributed by atoms with Crippen LogP contribution >= 0.6 is 11.6 Å². The molecule has 4 N–H and O–H groups in total. The second kappa shape index (κ2) is 11.2. The van der Waals surface area contributed by atoms with E-state index in [4.69, 9.17) is 21.1 Å². The molecular weight excluding hydrogens is 561 g/mol. The summed E-state index contributed by atoms with van der Waals surface area (Å²) in [6.45, 7) is -0.0640. The summed E-state index contributed by atoms with van der Waals surface area (Å²) >= 11 is 6.55. The summed E-state index contributed by atoms with van der Waals surface area (Å²) in [4.78, 5) is 12.0. The second-order valence-corrected chi connectivity index (χ2v) is 10.9. The SMILES string of the molecule is OC[C@H]1OC[C@H](Oc2nc3nc(-c4ccc(-c5ccc(C(NC6CC6)C(F)(F)F)cc5)cc4)c(Cl)cc3[nH]2)C[C@@H]1O. The number of nitrogens with zero attached hydrogens (tertiary/aromatic N) is 2. The average Bonchev–Trinajstić information content (AvgIpc) is 3.69. The molecule has 3 heterocycles. The minimum atomic E-state index is -4.36. The Morgan fingerprint density at radius 1 is 1.05 bits per heavy atom. The monoisotopic (exact) mass is 588 g/mol. The molecule has 216 valence electrons. The number of hydrogen-bond acceptors (Lipinski definition) is 7. The maximum absolute atomic E-state index is 13.6. The zero-order valence-electron chi connectivity index (χ0n) is 21.7. The minimum Gasteiger partial charge on any atom is -0.459 e. The summed E-state index contributed by atoms with van der Waals surface area (Å²) in [5.41, 5.74) is 4.05. The van der Waals surface area contributed by atoms with E-state index in [0.717, 1.165) is 29.5 Å². The Labute approximate surface area is 238 Å². The first kappa shape index (κ1) is 27.9. The third-order valence-electron chi connectivity index (χ3n) is 7.34. The van der Waals surface area contributed by atoms with Crippen LogP contribution in [0, 0.1) is 0 Å². The smallest absolute Gasteiger partial charge is 0.407 e. The van der Waals surface area contributed by atoms with Gasteiger partial charge >= 0.3 is 6.18 Å². The van der Waals surface area contributed by atoms with Crippen LogP contribution in [0.25, 0.3) is 33.5 Å². The van der Waals surface area contributed by atoms with Gasteiger partial charge in [-0.15, -0.1) is 0 Å². The van der Waals surface area contributed by atoms with Gasteiger partial charge in [0.2, 0.25) is 0 Å². The highest BCUT2D eigenvalue weighted by molar-refractivity contribution is 6.33. The van der Waals surface area contributed by atoms with E-state index < -0.39 is 30.5 Å². The standard InChI is InChI=1S/C29H28ClF3N4O4/c30-21-12-22-27(37-28(35-22)41-20-11-23(39)24(13-38)40-14-20)36-25(21)17-5-1-15(2-6-17)16-3-7-18(8-4-16)26(29(31,32)33)34-19-9-10-19/h1-8,12,19-20,23-24,26,34,38-39H,9-11,13-14H2,(H,35,36,37)/t20-,23+,24-,26?/m1/s1. The Balaban J connectivity index is 1.17. The van der Waals surface area contributed by atoms with Crippen molar-refractivity contribution in [3.05, 3.63) is 65.2 Å². The summed E-state index contributed by atoms with van der Waals surface area (Å²) in [7, 11) is 0. The number of imidazole rings is 1. The second-order valence-electron chi connectivity index (χ2n) is 10.4. The molecule has 2 aliphatic rings. The Bertz CT molecular complexity index is 1510. The molecule has 1 saturated carbocycles. The van der Waals surface area contributed by atoms with Crippen LogP contribution in [0.3, 0.4) is 0 Å². The molecule has 0 bridgehead atoms. The van der Waals surface area contributed by atoms with Gasteiger partial charge in [-0.2, -0.15) is 18.2 Å². The number of nitrogens with one attached hydrogen (secondary N) is 2. The van der Waals surface area contributed by atoms with Crippen molar-refractivity contribution in [1.82, 2.24) is 20.3 Å². The highest BCUT2D eigenvalue weighted by atomic mass is 35.5. The summed E-state index contributed by atoms with van der Waals surface area (Å²) in [5, 5.41) is 22.4. The molecule has 2 aromatic carbocycles. The summed E-state index contributed by atoms with van der Waals surface area (Å²) in [6.07, 6.45) is -4.46. The maximum atomic E-state index is 13.6.